The Morgan fingerprint density at radius 2 is 2.14 bits per heavy atom. The normalized spacial score (nSPS) is 38.6. The molecule has 0 radical (unpaired) electrons. The van der Waals surface area contributed by atoms with Gasteiger partial charge in [0.05, 0.1) is 0 Å². The second-order valence-corrected chi connectivity index (χ2v) is 5.18. The maximum atomic E-state index is 12.0. The number of carbonyl (C=O) groups excluding carboxylic acids is 1. The number of carbonyl (C=O) groups is 1. The van der Waals surface area contributed by atoms with Crippen molar-refractivity contribution in [2.45, 2.75) is 40.0 Å². The summed E-state index contributed by atoms with van der Waals surface area (Å²) in [7, 11) is 0. The first-order valence-electron chi connectivity index (χ1n) is 5.82. The minimum absolute atomic E-state index is 0.220. The van der Waals surface area contributed by atoms with Crippen molar-refractivity contribution in [1.29, 1.82) is 0 Å². The Hall–Kier alpha value is -0.590. The number of ketones is 1. The predicted molar refractivity (Wildman–Crippen MR) is 57.9 cm³/mol. The molecule has 2 bridgehead atoms. The second kappa shape index (κ2) is 3.52. The zero-order valence-corrected chi connectivity index (χ0v) is 9.42. The van der Waals surface area contributed by atoms with Gasteiger partial charge >= 0.3 is 0 Å². The molecule has 2 saturated carbocycles. The highest BCUT2D eigenvalue weighted by Crippen LogP contribution is 2.52. The lowest BCUT2D eigenvalue weighted by molar-refractivity contribution is -0.126. The molecule has 1 heteroatoms. The Labute approximate surface area is 86.6 Å². The van der Waals surface area contributed by atoms with E-state index in [9.17, 15) is 4.79 Å². The summed E-state index contributed by atoms with van der Waals surface area (Å²) in [4.78, 5) is 12.0. The first kappa shape index (κ1) is 9.95. The molecule has 0 aromatic rings. The molecule has 78 valence electrons. The molecule has 1 unspecified atom stereocenters. The molecule has 0 aromatic heterocycles. The Morgan fingerprint density at radius 1 is 1.43 bits per heavy atom. The van der Waals surface area contributed by atoms with Crippen LogP contribution in [-0.2, 0) is 4.79 Å². The van der Waals surface area contributed by atoms with E-state index in [2.05, 4.69) is 13.0 Å². The average Bonchev–Trinajstić information content (AvgIpc) is 2.74. The van der Waals surface area contributed by atoms with Crippen LogP contribution in [0.15, 0.2) is 11.6 Å². The topological polar surface area (TPSA) is 17.1 Å². The Morgan fingerprint density at radius 3 is 2.64 bits per heavy atom. The molecule has 0 amide bonds. The quantitative estimate of drug-likeness (QED) is 0.614. The summed E-state index contributed by atoms with van der Waals surface area (Å²) in [6, 6.07) is 0. The standard InChI is InChI=1S/C13H20O/c1-4-10-5-9-6-11(10)12(7-9)13(14)8(2)3/h4,8-9,11-12H,5-7H2,1-3H3/t9-,11-,12?/m1/s1. The fraction of sp³-hybridized carbons (Fsp3) is 0.769. The smallest absolute Gasteiger partial charge is 0.139 e. The van der Waals surface area contributed by atoms with Gasteiger partial charge in [-0.3, -0.25) is 4.79 Å². The van der Waals surface area contributed by atoms with Gasteiger partial charge in [-0.05, 0) is 38.0 Å². The summed E-state index contributed by atoms with van der Waals surface area (Å²) in [6.07, 6.45) is 5.95. The third-order valence-corrected chi connectivity index (χ3v) is 3.97. The fourth-order valence-corrected chi connectivity index (χ4v) is 3.28. The molecular weight excluding hydrogens is 172 g/mol. The highest BCUT2D eigenvalue weighted by atomic mass is 16.1. The summed E-state index contributed by atoms with van der Waals surface area (Å²) < 4.78 is 0. The number of allylic oxidation sites excluding steroid dienone is 2. The third kappa shape index (κ3) is 1.43. The van der Waals surface area contributed by atoms with Gasteiger partial charge in [0.25, 0.3) is 0 Å². The van der Waals surface area contributed by atoms with E-state index in [0.29, 0.717) is 17.6 Å². The van der Waals surface area contributed by atoms with Gasteiger partial charge in [-0.2, -0.15) is 0 Å². The lowest BCUT2D eigenvalue weighted by Crippen LogP contribution is -2.26. The first-order chi connectivity index (χ1) is 6.63. The van der Waals surface area contributed by atoms with E-state index in [4.69, 9.17) is 0 Å². The molecule has 1 nitrogen and oxygen atoms in total. The number of fused-ring (bicyclic) bond motifs is 2. The largest absolute Gasteiger partial charge is 0.299 e. The van der Waals surface area contributed by atoms with E-state index in [-0.39, 0.29) is 5.92 Å². The van der Waals surface area contributed by atoms with Gasteiger partial charge in [0.2, 0.25) is 0 Å². The molecule has 2 rings (SSSR count). The highest BCUT2D eigenvalue weighted by Gasteiger charge is 2.45. The molecular formula is C13H20O. The molecule has 3 atom stereocenters. The van der Waals surface area contributed by atoms with Crippen LogP contribution in [0.4, 0.5) is 0 Å². The van der Waals surface area contributed by atoms with Crippen molar-refractivity contribution in [1.82, 2.24) is 0 Å². The number of rotatable bonds is 2. The highest BCUT2D eigenvalue weighted by molar-refractivity contribution is 5.84. The fourth-order valence-electron chi connectivity index (χ4n) is 3.28. The monoisotopic (exact) mass is 192 g/mol. The third-order valence-electron chi connectivity index (χ3n) is 3.97. The van der Waals surface area contributed by atoms with E-state index < -0.39 is 0 Å². The molecule has 2 aliphatic rings. The second-order valence-electron chi connectivity index (χ2n) is 5.18. The molecule has 14 heavy (non-hydrogen) atoms. The van der Waals surface area contributed by atoms with Gasteiger partial charge in [-0.15, -0.1) is 0 Å². The van der Waals surface area contributed by atoms with Crippen molar-refractivity contribution >= 4 is 5.78 Å². The number of hydrogen-bond donors (Lipinski definition) is 0. The van der Waals surface area contributed by atoms with Crippen LogP contribution in [0.5, 0.6) is 0 Å². The minimum atomic E-state index is 0.220. The molecule has 0 N–H and O–H groups in total. The van der Waals surface area contributed by atoms with Crippen LogP contribution in [-0.4, -0.2) is 5.78 Å². The summed E-state index contributed by atoms with van der Waals surface area (Å²) in [5.74, 6) is 2.51. The molecule has 0 aliphatic heterocycles. The summed E-state index contributed by atoms with van der Waals surface area (Å²) in [6.45, 7) is 6.18. The molecule has 2 aliphatic carbocycles. The molecule has 0 saturated heterocycles. The maximum Gasteiger partial charge on any atom is 0.139 e. The first-order valence-corrected chi connectivity index (χ1v) is 5.82. The van der Waals surface area contributed by atoms with E-state index >= 15 is 0 Å². The average molecular weight is 192 g/mol. The van der Waals surface area contributed by atoms with Crippen molar-refractivity contribution in [3.63, 3.8) is 0 Å². The number of hydrogen-bond acceptors (Lipinski definition) is 1. The lowest BCUT2D eigenvalue weighted by Gasteiger charge is -2.24. The van der Waals surface area contributed by atoms with Crippen LogP contribution in [0, 0.1) is 23.7 Å². The Kier molecular flexibility index (Phi) is 2.50. The van der Waals surface area contributed by atoms with E-state index in [0.717, 1.165) is 5.92 Å². The van der Waals surface area contributed by atoms with Crippen molar-refractivity contribution < 1.29 is 4.79 Å². The van der Waals surface area contributed by atoms with E-state index in [1.807, 2.05) is 13.8 Å². The van der Waals surface area contributed by atoms with Crippen LogP contribution in [0.25, 0.3) is 0 Å². The number of Topliss-reactive ketones (excluding diaryl/α,β-unsaturated/α-hetero) is 1. The van der Waals surface area contributed by atoms with Crippen LogP contribution >= 0.6 is 0 Å². The van der Waals surface area contributed by atoms with Gasteiger partial charge in [-0.1, -0.05) is 25.5 Å². The maximum absolute atomic E-state index is 12.0. The van der Waals surface area contributed by atoms with Crippen molar-refractivity contribution in [2.24, 2.45) is 23.7 Å². The predicted octanol–water partition coefficient (Wildman–Crippen LogP) is 3.20. The van der Waals surface area contributed by atoms with Crippen LogP contribution in [0.2, 0.25) is 0 Å². The van der Waals surface area contributed by atoms with Crippen LogP contribution < -0.4 is 0 Å². The molecule has 0 aromatic carbocycles. The van der Waals surface area contributed by atoms with Gasteiger partial charge < -0.3 is 0 Å². The van der Waals surface area contributed by atoms with Crippen molar-refractivity contribution in [3.8, 4) is 0 Å². The molecule has 0 spiro atoms. The van der Waals surface area contributed by atoms with Crippen LogP contribution in [0.1, 0.15) is 40.0 Å². The zero-order chi connectivity index (χ0) is 10.3. The van der Waals surface area contributed by atoms with Gasteiger partial charge in [0.1, 0.15) is 5.78 Å². The lowest BCUT2D eigenvalue weighted by atomic mass is 9.79. The van der Waals surface area contributed by atoms with E-state index in [1.165, 1.54) is 19.3 Å². The van der Waals surface area contributed by atoms with Crippen LogP contribution in [0.3, 0.4) is 0 Å². The SMILES string of the molecule is CC=C1C[C@H]2CC(C(=O)C(C)C)[C@@H]1C2. The van der Waals surface area contributed by atoms with Gasteiger partial charge in [0, 0.05) is 11.8 Å². The molecule has 0 heterocycles. The Balaban J connectivity index is 2.14. The molecule has 2 fully saturated rings. The summed E-state index contributed by atoms with van der Waals surface area (Å²) in [5.41, 5.74) is 1.56. The Bertz CT molecular complexity index is 275. The zero-order valence-electron chi connectivity index (χ0n) is 9.42. The van der Waals surface area contributed by atoms with Gasteiger partial charge in [0.15, 0.2) is 0 Å². The van der Waals surface area contributed by atoms with E-state index in [1.54, 1.807) is 5.57 Å². The van der Waals surface area contributed by atoms with Crippen molar-refractivity contribution in [2.75, 3.05) is 0 Å². The van der Waals surface area contributed by atoms with Crippen molar-refractivity contribution in [3.05, 3.63) is 11.6 Å². The summed E-state index contributed by atoms with van der Waals surface area (Å²) >= 11 is 0. The van der Waals surface area contributed by atoms with Gasteiger partial charge in [-0.25, -0.2) is 0 Å². The minimum Gasteiger partial charge on any atom is -0.299 e. The summed E-state index contributed by atoms with van der Waals surface area (Å²) in [5, 5.41) is 0.